The second-order valence-corrected chi connectivity index (χ2v) is 4.11. The Kier molecular flexibility index (Phi) is 5.72. The number of benzene rings is 1. The third kappa shape index (κ3) is 4.10. The van der Waals surface area contributed by atoms with Crippen molar-refractivity contribution in [2.45, 2.75) is 26.2 Å². The highest BCUT2D eigenvalue weighted by atomic mass is 16.4. The Morgan fingerprint density at radius 2 is 2.11 bits per heavy atom. The van der Waals surface area contributed by atoms with Gasteiger partial charge in [-0.1, -0.05) is 25.5 Å². The molecule has 4 heteroatoms. The summed E-state index contributed by atoms with van der Waals surface area (Å²) in [5, 5.41) is 17.8. The van der Waals surface area contributed by atoms with Crippen LogP contribution in [0.2, 0.25) is 0 Å². The van der Waals surface area contributed by atoms with E-state index < -0.39 is 5.97 Å². The third-order valence-electron chi connectivity index (χ3n) is 2.74. The van der Waals surface area contributed by atoms with Crippen LogP contribution < -0.4 is 4.90 Å². The van der Waals surface area contributed by atoms with Gasteiger partial charge in [0.15, 0.2) is 0 Å². The Hall–Kier alpha value is -2.02. The summed E-state index contributed by atoms with van der Waals surface area (Å²) in [6, 6.07) is 9.47. The molecule has 18 heavy (non-hydrogen) atoms. The molecule has 96 valence electrons. The summed E-state index contributed by atoms with van der Waals surface area (Å²) in [7, 11) is 0. The molecule has 0 fully saturated rings. The van der Waals surface area contributed by atoms with Crippen LogP contribution in [-0.2, 0) is 4.79 Å². The average Bonchev–Trinajstić information content (AvgIpc) is 2.38. The van der Waals surface area contributed by atoms with Gasteiger partial charge in [0.1, 0.15) is 6.07 Å². The van der Waals surface area contributed by atoms with Crippen molar-refractivity contribution < 1.29 is 9.90 Å². The van der Waals surface area contributed by atoms with Gasteiger partial charge in [-0.2, -0.15) is 5.26 Å². The van der Waals surface area contributed by atoms with Crippen LogP contribution in [0.25, 0.3) is 0 Å². The van der Waals surface area contributed by atoms with E-state index in [4.69, 9.17) is 10.4 Å². The second kappa shape index (κ2) is 7.33. The fourth-order valence-electron chi connectivity index (χ4n) is 1.78. The van der Waals surface area contributed by atoms with Gasteiger partial charge in [-0.25, -0.2) is 0 Å². The molecule has 0 unspecified atom stereocenters. The van der Waals surface area contributed by atoms with E-state index in [1.54, 1.807) is 6.07 Å². The van der Waals surface area contributed by atoms with Gasteiger partial charge in [0.05, 0.1) is 17.7 Å². The lowest BCUT2D eigenvalue weighted by atomic mass is 10.1. The van der Waals surface area contributed by atoms with E-state index >= 15 is 0 Å². The molecule has 1 aromatic rings. The molecule has 0 amide bonds. The SMILES string of the molecule is CCCCN(CCC(=O)O)c1ccccc1C#N. The molecule has 0 bridgehead atoms. The fourth-order valence-corrected chi connectivity index (χ4v) is 1.78. The van der Waals surface area contributed by atoms with E-state index in [-0.39, 0.29) is 6.42 Å². The van der Waals surface area contributed by atoms with Gasteiger partial charge >= 0.3 is 5.97 Å². The fraction of sp³-hybridized carbons (Fsp3) is 0.429. The lowest BCUT2D eigenvalue weighted by Gasteiger charge is -2.24. The molecule has 0 atom stereocenters. The number of unbranched alkanes of at least 4 members (excludes halogenated alkanes) is 1. The molecule has 0 saturated heterocycles. The summed E-state index contributed by atoms with van der Waals surface area (Å²) in [6.07, 6.45) is 2.11. The smallest absolute Gasteiger partial charge is 0.305 e. The van der Waals surface area contributed by atoms with Gasteiger partial charge in [0.2, 0.25) is 0 Å². The summed E-state index contributed by atoms with van der Waals surface area (Å²) in [5.41, 5.74) is 1.42. The van der Waals surface area contributed by atoms with Crippen molar-refractivity contribution >= 4 is 11.7 Å². The summed E-state index contributed by atoms with van der Waals surface area (Å²) < 4.78 is 0. The van der Waals surface area contributed by atoms with Crippen molar-refractivity contribution in [3.8, 4) is 6.07 Å². The van der Waals surface area contributed by atoms with Crippen molar-refractivity contribution in [3.63, 3.8) is 0 Å². The van der Waals surface area contributed by atoms with Gasteiger partial charge in [0, 0.05) is 13.1 Å². The number of anilines is 1. The van der Waals surface area contributed by atoms with Gasteiger partial charge in [-0.15, -0.1) is 0 Å². The number of carbonyl (C=O) groups is 1. The number of para-hydroxylation sites is 1. The summed E-state index contributed by atoms with van der Waals surface area (Å²) in [6.45, 7) is 3.31. The molecule has 0 radical (unpaired) electrons. The molecule has 0 heterocycles. The first-order valence-electron chi connectivity index (χ1n) is 6.15. The van der Waals surface area contributed by atoms with Gasteiger partial charge in [0.25, 0.3) is 0 Å². The van der Waals surface area contributed by atoms with Crippen LogP contribution in [0.5, 0.6) is 0 Å². The monoisotopic (exact) mass is 246 g/mol. The van der Waals surface area contributed by atoms with Crippen LogP contribution in [0.15, 0.2) is 24.3 Å². The maximum atomic E-state index is 10.7. The predicted molar refractivity (Wildman–Crippen MR) is 70.5 cm³/mol. The van der Waals surface area contributed by atoms with Crippen LogP contribution in [0, 0.1) is 11.3 Å². The summed E-state index contributed by atoms with van der Waals surface area (Å²) >= 11 is 0. The molecule has 0 saturated carbocycles. The van der Waals surface area contributed by atoms with E-state index in [0.29, 0.717) is 12.1 Å². The first-order valence-corrected chi connectivity index (χ1v) is 6.15. The zero-order chi connectivity index (χ0) is 13.4. The zero-order valence-corrected chi connectivity index (χ0v) is 10.6. The number of rotatable bonds is 7. The Balaban J connectivity index is 2.86. The molecule has 1 aromatic carbocycles. The van der Waals surface area contributed by atoms with Crippen LogP contribution in [0.3, 0.4) is 0 Å². The highest BCUT2D eigenvalue weighted by Gasteiger charge is 2.11. The third-order valence-corrected chi connectivity index (χ3v) is 2.74. The number of aliphatic carboxylic acids is 1. The summed E-state index contributed by atoms with van der Waals surface area (Å²) in [4.78, 5) is 12.7. The minimum atomic E-state index is -0.814. The van der Waals surface area contributed by atoms with Gasteiger partial charge < -0.3 is 10.0 Å². The van der Waals surface area contributed by atoms with E-state index in [1.807, 2.05) is 23.1 Å². The highest BCUT2D eigenvalue weighted by molar-refractivity contribution is 5.68. The van der Waals surface area contributed by atoms with E-state index in [1.165, 1.54) is 0 Å². The number of carboxylic acids is 1. The number of hydrogen-bond acceptors (Lipinski definition) is 3. The lowest BCUT2D eigenvalue weighted by molar-refractivity contribution is -0.136. The van der Waals surface area contributed by atoms with E-state index in [9.17, 15) is 4.79 Å². The molecule has 0 spiro atoms. The molecular weight excluding hydrogens is 228 g/mol. The predicted octanol–water partition coefficient (Wildman–Crippen LogP) is 2.64. The molecule has 1 N–H and O–H groups in total. The maximum absolute atomic E-state index is 10.7. The number of hydrogen-bond donors (Lipinski definition) is 1. The normalized spacial score (nSPS) is 9.78. The molecule has 1 rings (SSSR count). The average molecular weight is 246 g/mol. The number of carboxylic acid groups (broad SMARTS) is 1. The molecule has 4 nitrogen and oxygen atoms in total. The zero-order valence-electron chi connectivity index (χ0n) is 10.6. The molecule has 0 aliphatic carbocycles. The van der Waals surface area contributed by atoms with E-state index in [2.05, 4.69) is 13.0 Å². The van der Waals surface area contributed by atoms with Crippen molar-refractivity contribution in [1.82, 2.24) is 0 Å². The lowest BCUT2D eigenvalue weighted by Crippen LogP contribution is -2.28. The Bertz CT molecular complexity index is 438. The van der Waals surface area contributed by atoms with Crippen molar-refractivity contribution in [1.29, 1.82) is 5.26 Å². The van der Waals surface area contributed by atoms with Crippen LogP contribution >= 0.6 is 0 Å². The second-order valence-electron chi connectivity index (χ2n) is 4.11. The molecule has 0 aromatic heterocycles. The number of nitriles is 1. The minimum absolute atomic E-state index is 0.0868. The quantitative estimate of drug-likeness (QED) is 0.803. The topological polar surface area (TPSA) is 64.3 Å². The largest absolute Gasteiger partial charge is 0.481 e. The van der Waals surface area contributed by atoms with Crippen molar-refractivity contribution in [2.75, 3.05) is 18.0 Å². The Morgan fingerprint density at radius 3 is 2.72 bits per heavy atom. The van der Waals surface area contributed by atoms with Crippen LogP contribution in [-0.4, -0.2) is 24.2 Å². The molecular formula is C14H18N2O2. The van der Waals surface area contributed by atoms with Crippen molar-refractivity contribution in [3.05, 3.63) is 29.8 Å². The van der Waals surface area contributed by atoms with E-state index in [0.717, 1.165) is 25.1 Å². The highest BCUT2D eigenvalue weighted by Crippen LogP contribution is 2.20. The van der Waals surface area contributed by atoms with Gasteiger partial charge in [-0.05, 0) is 18.6 Å². The van der Waals surface area contributed by atoms with Crippen molar-refractivity contribution in [2.24, 2.45) is 0 Å². The molecule has 0 aliphatic rings. The molecule has 0 aliphatic heterocycles. The standard InChI is InChI=1S/C14H18N2O2/c1-2-3-9-16(10-8-14(17)18)13-7-5-4-6-12(13)11-15/h4-7H,2-3,8-10H2,1H3,(H,17,18). The Labute approximate surface area is 107 Å². The summed E-state index contributed by atoms with van der Waals surface area (Å²) in [5.74, 6) is -0.814. The first kappa shape index (κ1) is 14.0. The first-order chi connectivity index (χ1) is 8.69. The minimum Gasteiger partial charge on any atom is -0.481 e. The number of nitrogens with zero attached hydrogens (tertiary/aromatic N) is 2. The Morgan fingerprint density at radius 1 is 1.39 bits per heavy atom. The maximum Gasteiger partial charge on any atom is 0.305 e. The van der Waals surface area contributed by atoms with Crippen LogP contribution in [0.4, 0.5) is 5.69 Å². The van der Waals surface area contributed by atoms with Crippen LogP contribution in [0.1, 0.15) is 31.7 Å². The van der Waals surface area contributed by atoms with Gasteiger partial charge in [-0.3, -0.25) is 4.79 Å².